The Morgan fingerprint density at radius 3 is 2.88 bits per heavy atom. The number of hydrogen-bond acceptors (Lipinski definition) is 3. The number of piperidine rings is 1. The van der Waals surface area contributed by atoms with Crippen molar-refractivity contribution in [2.45, 2.75) is 57.1 Å². The predicted molar refractivity (Wildman–Crippen MR) is 66.6 cm³/mol. The molecule has 2 rings (SSSR count). The monoisotopic (exact) mass is 240 g/mol. The minimum atomic E-state index is 0.169. The van der Waals surface area contributed by atoms with Gasteiger partial charge in [0.15, 0.2) is 0 Å². The first kappa shape index (κ1) is 12.8. The van der Waals surface area contributed by atoms with Gasteiger partial charge in [-0.25, -0.2) is 0 Å². The summed E-state index contributed by atoms with van der Waals surface area (Å²) in [6, 6.07) is 0.377. The van der Waals surface area contributed by atoms with Crippen molar-refractivity contribution < 1.29 is 9.53 Å². The van der Waals surface area contributed by atoms with Gasteiger partial charge in [0.05, 0.1) is 12.5 Å². The van der Waals surface area contributed by atoms with Crippen molar-refractivity contribution in [3.05, 3.63) is 0 Å². The van der Waals surface area contributed by atoms with E-state index in [9.17, 15) is 4.79 Å². The van der Waals surface area contributed by atoms with Crippen LogP contribution in [0.3, 0.4) is 0 Å². The Hall–Kier alpha value is -0.610. The third-order valence-electron chi connectivity index (χ3n) is 3.87. The third kappa shape index (κ3) is 3.42. The Kier molecular flexibility index (Phi) is 4.80. The Labute approximate surface area is 103 Å². The van der Waals surface area contributed by atoms with Crippen LogP contribution in [0.15, 0.2) is 0 Å². The molecule has 2 atom stereocenters. The first-order valence-electron chi connectivity index (χ1n) is 6.92. The molecule has 4 heteroatoms. The Morgan fingerprint density at radius 2 is 2.18 bits per heavy atom. The van der Waals surface area contributed by atoms with E-state index < -0.39 is 0 Å². The zero-order valence-corrected chi connectivity index (χ0v) is 10.6. The molecule has 0 aromatic heterocycles. The summed E-state index contributed by atoms with van der Waals surface area (Å²) in [5.74, 6) is 0.273. The fourth-order valence-corrected chi connectivity index (χ4v) is 2.94. The van der Waals surface area contributed by atoms with Crippen LogP contribution in [-0.4, -0.2) is 42.6 Å². The maximum atomic E-state index is 12.2. The van der Waals surface area contributed by atoms with Crippen LogP contribution >= 0.6 is 0 Å². The lowest BCUT2D eigenvalue weighted by molar-refractivity contribution is -0.137. The summed E-state index contributed by atoms with van der Waals surface area (Å²) in [5, 5.41) is 0. The van der Waals surface area contributed by atoms with Gasteiger partial charge in [0.25, 0.3) is 0 Å². The first-order chi connectivity index (χ1) is 8.31. The average molecular weight is 240 g/mol. The molecule has 0 aromatic carbocycles. The number of amides is 1. The lowest BCUT2D eigenvalue weighted by Gasteiger charge is -2.36. The van der Waals surface area contributed by atoms with Crippen LogP contribution < -0.4 is 5.73 Å². The zero-order chi connectivity index (χ0) is 12.1. The summed E-state index contributed by atoms with van der Waals surface area (Å²) in [7, 11) is 0. The van der Waals surface area contributed by atoms with Crippen LogP contribution in [-0.2, 0) is 9.53 Å². The van der Waals surface area contributed by atoms with Crippen LogP contribution in [0.2, 0.25) is 0 Å². The van der Waals surface area contributed by atoms with Gasteiger partial charge in [-0.05, 0) is 45.1 Å². The van der Waals surface area contributed by atoms with Crippen LogP contribution in [0.4, 0.5) is 0 Å². The second-order valence-electron chi connectivity index (χ2n) is 5.15. The van der Waals surface area contributed by atoms with Crippen molar-refractivity contribution in [3.8, 4) is 0 Å². The predicted octanol–water partition coefficient (Wildman–Crippen LogP) is 1.29. The molecule has 4 nitrogen and oxygen atoms in total. The highest BCUT2D eigenvalue weighted by atomic mass is 16.5. The lowest BCUT2D eigenvalue weighted by atomic mass is 9.98. The summed E-state index contributed by atoms with van der Waals surface area (Å²) >= 11 is 0. The van der Waals surface area contributed by atoms with Crippen molar-refractivity contribution in [2.24, 2.45) is 5.73 Å². The molecule has 2 fully saturated rings. The van der Waals surface area contributed by atoms with Gasteiger partial charge >= 0.3 is 0 Å². The average Bonchev–Trinajstić information content (AvgIpc) is 2.83. The Bertz CT molecular complexity index is 250. The highest BCUT2D eigenvalue weighted by Gasteiger charge is 2.28. The van der Waals surface area contributed by atoms with Gasteiger partial charge < -0.3 is 15.4 Å². The third-order valence-corrected chi connectivity index (χ3v) is 3.87. The number of nitrogens with two attached hydrogens (primary N) is 1. The molecule has 98 valence electrons. The number of likely N-dealkylation sites (tertiary alicyclic amines) is 1. The molecule has 2 unspecified atom stereocenters. The largest absolute Gasteiger partial charge is 0.378 e. The van der Waals surface area contributed by atoms with Gasteiger partial charge in [0.2, 0.25) is 5.91 Å². The van der Waals surface area contributed by atoms with E-state index in [1.54, 1.807) is 0 Å². The van der Waals surface area contributed by atoms with Crippen molar-refractivity contribution in [3.63, 3.8) is 0 Å². The molecule has 0 spiro atoms. The molecule has 2 N–H and O–H groups in total. The number of ether oxygens (including phenoxy) is 1. The molecular weight excluding hydrogens is 216 g/mol. The highest BCUT2D eigenvalue weighted by Crippen LogP contribution is 2.23. The molecule has 0 radical (unpaired) electrons. The molecule has 2 saturated heterocycles. The summed E-state index contributed by atoms with van der Waals surface area (Å²) in [5.41, 5.74) is 5.62. The molecule has 1 amide bonds. The van der Waals surface area contributed by atoms with E-state index >= 15 is 0 Å². The van der Waals surface area contributed by atoms with E-state index in [1.165, 1.54) is 6.42 Å². The molecule has 0 bridgehead atoms. The van der Waals surface area contributed by atoms with Crippen LogP contribution in [0.1, 0.15) is 44.9 Å². The van der Waals surface area contributed by atoms with Gasteiger partial charge in [0.1, 0.15) is 0 Å². The second-order valence-corrected chi connectivity index (χ2v) is 5.15. The van der Waals surface area contributed by atoms with Crippen LogP contribution in [0.5, 0.6) is 0 Å². The SMILES string of the molecule is NCCC1CCCCN1C(=O)CC1CCCO1. The summed E-state index contributed by atoms with van der Waals surface area (Å²) in [6.45, 7) is 2.41. The Balaban J connectivity index is 1.86. The van der Waals surface area contributed by atoms with Gasteiger partial charge in [-0.1, -0.05) is 0 Å². The van der Waals surface area contributed by atoms with Crippen molar-refractivity contribution in [1.82, 2.24) is 4.90 Å². The van der Waals surface area contributed by atoms with Crippen molar-refractivity contribution in [2.75, 3.05) is 19.7 Å². The van der Waals surface area contributed by atoms with Crippen molar-refractivity contribution >= 4 is 5.91 Å². The standard InChI is InChI=1S/C13H24N2O2/c14-7-6-11-4-1-2-8-15(11)13(16)10-12-5-3-9-17-12/h11-12H,1-10,14H2. The quantitative estimate of drug-likeness (QED) is 0.805. The molecule has 17 heavy (non-hydrogen) atoms. The smallest absolute Gasteiger partial charge is 0.225 e. The fourth-order valence-electron chi connectivity index (χ4n) is 2.94. The molecule has 0 aliphatic carbocycles. The van der Waals surface area contributed by atoms with E-state index in [0.29, 0.717) is 19.0 Å². The molecule has 2 aliphatic heterocycles. The van der Waals surface area contributed by atoms with E-state index in [-0.39, 0.29) is 12.0 Å². The molecule has 0 aromatic rings. The van der Waals surface area contributed by atoms with Gasteiger partial charge in [0, 0.05) is 19.2 Å². The topological polar surface area (TPSA) is 55.6 Å². The van der Waals surface area contributed by atoms with Crippen LogP contribution in [0.25, 0.3) is 0 Å². The van der Waals surface area contributed by atoms with E-state index in [2.05, 4.69) is 4.90 Å². The van der Waals surface area contributed by atoms with E-state index in [4.69, 9.17) is 10.5 Å². The summed E-state index contributed by atoms with van der Waals surface area (Å²) in [6.07, 6.45) is 7.31. The van der Waals surface area contributed by atoms with Gasteiger partial charge in [-0.3, -0.25) is 4.79 Å². The highest BCUT2D eigenvalue weighted by molar-refractivity contribution is 5.77. The number of nitrogens with zero attached hydrogens (tertiary/aromatic N) is 1. The molecule has 2 heterocycles. The van der Waals surface area contributed by atoms with Gasteiger partial charge in [-0.2, -0.15) is 0 Å². The first-order valence-corrected chi connectivity index (χ1v) is 6.92. The number of hydrogen-bond donors (Lipinski definition) is 1. The molecular formula is C13H24N2O2. The lowest BCUT2D eigenvalue weighted by Crippen LogP contribution is -2.45. The van der Waals surface area contributed by atoms with Gasteiger partial charge in [-0.15, -0.1) is 0 Å². The summed E-state index contributed by atoms with van der Waals surface area (Å²) in [4.78, 5) is 14.3. The maximum Gasteiger partial charge on any atom is 0.225 e. The number of carbonyl (C=O) groups is 1. The second kappa shape index (κ2) is 6.36. The van der Waals surface area contributed by atoms with E-state index in [0.717, 1.165) is 45.3 Å². The Morgan fingerprint density at radius 1 is 1.29 bits per heavy atom. The van der Waals surface area contributed by atoms with Crippen molar-refractivity contribution in [1.29, 1.82) is 0 Å². The molecule has 2 aliphatic rings. The normalized spacial score (nSPS) is 29.6. The fraction of sp³-hybridized carbons (Fsp3) is 0.923. The molecule has 0 saturated carbocycles. The minimum absolute atomic E-state index is 0.169. The van der Waals surface area contributed by atoms with E-state index in [1.807, 2.05) is 0 Å². The number of rotatable bonds is 4. The zero-order valence-electron chi connectivity index (χ0n) is 10.6. The summed E-state index contributed by atoms with van der Waals surface area (Å²) < 4.78 is 5.54. The number of carbonyl (C=O) groups excluding carboxylic acids is 1. The minimum Gasteiger partial charge on any atom is -0.378 e. The maximum absolute atomic E-state index is 12.2. The van der Waals surface area contributed by atoms with Crippen LogP contribution in [0, 0.1) is 0 Å².